The van der Waals surface area contributed by atoms with Crippen molar-refractivity contribution < 1.29 is 32.2 Å². The summed E-state index contributed by atoms with van der Waals surface area (Å²) in [5.74, 6) is -3.28. The van der Waals surface area contributed by atoms with Gasteiger partial charge in [-0.15, -0.1) is 0 Å². The van der Waals surface area contributed by atoms with Crippen LogP contribution < -0.4 is 4.74 Å². The number of rotatable bonds is 2. The molecular formula is C14H14F4O3. The summed E-state index contributed by atoms with van der Waals surface area (Å²) in [4.78, 5) is 12.1. The minimum absolute atomic E-state index is 0.0962. The lowest BCUT2D eigenvalue weighted by Gasteiger charge is -2.38. The van der Waals surface area contributed by atoms with Gasteiger partial charge in [0.1, 0.15) is 0 Å². The molecule has 0 aromatic heterocycles. The van der Waals surface area contributed by atoms with Crippen LogP contribution in [0, 0.1) is 5.82 Å². The van der Waals surface area contributed by atoms with Gasteiger partial charge in [0.15, 0.2) is 11.6 Å². The average Bonchev–Trinajstić information content (AvgIpc) is 2.41. The molecule has 21 heavy (non-hydrogen) atoms. The largest absolute Gasteiger partial charge is 0.493 e. The van der Waals surface area contributed by atoms with Crippen molar-refractivity contribution in [1.82, 2.24) is 0 Å². The van der Waals surface area contributed by atoms with Gasteiger partial charge in [-0.3, -0.25) is 4.79 Å². The Morgan fingerprint density at radius 1 is 1.43 bits per heavy atom. The van der Waals surface area contributed by atoms with E-state index >= 15 is 0 Å². The Hall–Kier alpha value is -1.63. The van der Waals surface area contributed by atoms with Gasteiger partial charge in [-0.1, -0.05) is 6.92 Å². The van der Waals surface area contributed by atoms with Gasteiger partial charge in [0.05, 0.1) is 7.11 Å². The number of ether oxygens (including phenoxy) is 1. The molecule has 2 unspecified atom stereocenters. The highest BCUT2D eigenvalue weighted by molar-refractivity contribution is 6.06. The van der Waals surface area contributed by atoms with Crippen LogP contribution in [0.2, 0.25) is 0 Å². The second kappa shape index (κ2) is 4.98. The Morgan fingerprint density at radius 2 is 2.05 bits per heavy atom. The molecule has 0 saturated heterocycles. The van der Waals surface area contributed by atoms with E-state index in [4.69, 9.17) is 4.74 Å². The van der Waals surface area contributed by atoms with Gasteiger partial charge in [-0.05, 0) is 30.9 Å². The number of methoxy groups -OCH3 is 1. The lowest BCUT2D eigenvalue weighted by molar-refractivity contribution is -0.241. The first-order valence-electron chi connectivity index (χ1n) is 6.37. The molecule has 7 heteroatoms. The number of benzene rings is 1. The first-order chi connectivity index (χ1) is 9.67. The Labute approximate surface area is 118 Å². The highest BCUT2D eigenvalue weighted by atomic mass is 19.4. The van der Waals surface area contributed by atoms with Crippen LogP contribution in [0.5, 0.6) is 5.75 Å². The third-order valence-electron chi connectivity index (χ3n) is 3.88. The van der Waals surface area contributed by atoms with Crippen molar-refractivity contribution in [3.05, 3.63) is 29.1 Å². The van der Waals surface area contributed by atoms with Gasteiger partial charge in [0, 0.05) is 11.1 Å². The third-order valence-corrected chi connectivity index (χ3v) is 3.88. The van der Waals surface area contributed by atoms with Gasteiger partial charge in [-0.25, -0.2) is 4.39 Å². The van der Waals surface area contributed by atoms with Gasteiger partial charge in [0.2, 0.25) is 11.4 Å². The summed E-state index contributed by atoms with van der Waals surface area (Å²) in [5, 5.41) is 9.85. The van der Waals surface area contributed by atoms with Crippen LogP contribution in [-0.4, -0.2) is 29.8 Å². The third kappa shape index (κ3) is 2.19. The molecule has 1 aliphatic rings. The fraction of sp³-hybridized carbons (Fsp3) is 0.500. The number of aliphatic hydroxyl groups is 1. The van der Waals surface area contributed by atoms with Crippen molar-refractivity contribution in [2.24, 2.45) is 0 Å². The molecule has 0 fully saturated rings. The highest BCUT2D eigenvalue weighted by Gasteiger charge is 2.62. The van der Waals surface area contributed by atoms with Crippen molar-refractivity contribution in [2.75, 3.05) is 7.11 Å². The predicted molar refractivity (Wildman–Crippen MR) is 65.9 cm³/mol. The quantitative estimate of drug-likeness (QED) is 0.854. The fourth-order valence-corrected chi connectivity index (χ4v) is 2.75. The molecule has 0 bridgehead atoms. The van der Waals surface area contributed by atoms with E-state index in [9.17, 15) is 27.5 Å². The van der Waals surface area contributed by atoms with E-state index in [1.54, 1.807) is 6.92 Å². The maximum atomic E-state index is 13.7. The average molecular weight is 306 g/mol. The molecular weight excluding hydrogens is 292 g/mol. The molecule has 0 spiro atoms. The number of hydrogen-bond donors (Lipinski definition) is 1. The zero-order valence-corrected chi connectivity index (χ0v) is 11.4. The number of carbonyl (C=O) groups is 1. The van der Waals surface area contributed by atoms with E-state index < -0.39 is 35.7 Å². The molecule has 1 aromatic carbocycles. The lowest BCUT2D eigenvalue weighted by atomic mass is 9.71. The summed E-state index contributed by atoms with van der Waals surface area (Å²) < 4.78 is 57.8. The van der Waals surface area contributed by atoms with E-state index in [0.29, 0.717) is 0 Å². The topological polar surface area (TPSA) is 46.5 Å². The zero-order valence-electron chi connectivity index (χ0n) is 11.4. The van der Waals surface area contributed by atoms with Gasteiger partial charge in [0.25, 0.3) is 0 Å². The van der Waals surface area contributed by atoms with Gasteiger partial charge < -0.3 is 9.84 Å². The van der Waals surface area contributed by atoms with Crippen LogP contribution in [0.3, 0.4) is 0 Å². The Kier molecular flexibility index (Phi) is 3.73. The standard InChI is InChI=1S/C14H14F4O3/c1-3-7-6-13(20,14(16,17)18)12(19)8-4-5-9(15)11(21-2)10(7)8/h4-5,7,20H,3,6H2,1-2H3. The van der Waals surface area contributed by atoms with E-state index in [0.717, 1.165) is 12.1 Å². The smallest absolute Gasteiger partial charge is 0.424 e. The summed E-state index contributed by atoms with van der Waals surface area (Å²) in [5.41, 5.74) is -3.69. The number of halogens is 4. The van der Waals surface area contributed by atoms with Crippen molar-refractivity contribution in [3.63, 3.8) is 0 Å². The second-order valence-corrected chi connectivity index (χ2v) is 5.04. The Morgan fingerprint density at radius 3 is 2.52 bits per heavy atom. The molecule has 1 N–H and O–H groups in total. The van der Waals surface area contributed by atoms with E-state index in [1.807, 2.05) is 0 Å². The first-order valence-corrected chi connectivity index (χ1v) is 6.37. The van der Waals surface area contributed by atoms with E-state index in [2.05, 4.69) is 0 Å². The molecule has 3 nitrogen and oxygen atoms in total. The first kappa shape index (κ1) is 15.8. The summed E-state index contributed by atoms with van der Waals surface area (Å²) in [7, 11) is 1.18. The van der Waals surface area contributed by atoms with Crippen LogP contribution in [-0.2, 0) is 0 Å². The molecule has 0 aliphatic heterocycles. The van der Waals surface area contributed by atoms with Crippen LogP contribution in [0.25, 0.3) is 0 Å². The molecule has 116 valence electrons. The maximum Gasteiger partial charge on any atom is 0.424 e. The van der Waals surface area contributed by atoms with Crippen LogP contribution in [0.1, 0.15) is 41.6 Å². The molecule has 0 heterocycles. The summed E-state index contributed by atoms with van der Waals surface area (Å²) in [6.45, 7) is 1.60. The predicted octanol–water partition coefficient (Wildman–Crippen LogP) is 3.21. The molecule has 2 atom stereocenters. The van der Waals surface area contributed by atoms with Crippen molar-refractivity contribution >= 4 is 5.78 Å². The Bertz CT molecular complexity index is 582. The fourth-order valence-electron chi connectivity index (χ4n) is 2.75. The summed E-state index contributed by atoms with van der Waals surface area (Å²) in [6.07, 6.45) is -5.71. The molecule has 0 saturated carbocycles. The summed E-state index contributed by atoms with van der Waals surface area (Å²) >= 11 is 0. The molecule has 1 aromatic rings. The number of fused-ring (bicyclic) bond motifs is 1. The molecule has 0 radical (unpaired) electrons. The van der Waals surface area contributed by atoms with Crippen LogP contribution in [0.15, 0.2) is 12.1 Å². The van der Waals surface area contributed by atoms with Crippen molar-refractivity contribution in [3.8, 4) is 5.75 Å². The molecule has 0 amide bonds. The van der Waals surface area contributed by atoms with Crippen LogP contribution in [0.4, 0.5) is 17.6 Å². The summed E-state index contributed by atoms with van der Waals surface area (Å²) in [6, 6.07) is 1.83. The number of Topliss-reactive ketones (excluding diaryl/α,β-unsaturated/α-hetero) is 1. The maximum absolute atomic E-state index is 13.7. The number of alkyl halides is 3. The minimum atomic E-state index is -5.09. The van der Waals surface area contributed by atoms with E-state index in [1.165, 1.54) is 7.11 Å². The molecule has 1 aliphatic carbocycles. The lowest BCUT2D eigenvalue weighted by Crippen LogP contribution is -2.55. The minimum Gasteiger partial charge on any atom is -0.493 e. The number of ketones is 1. The van der Waals surface area contributed by atoms with Gasteiger partial charge in [-0.2, -0.15) is 13.2 Å². The SMILES string of the molecule is CCC1CC(O)(C(F)(F)F)C(=O)c2ccc(F)c(OC)c21. The highest BCUT2D eigenvalue weighted by Crippen LogP contribution is 2.49. The van der Waals surface area contributed by atoms with Crippen molar-refractivity contribution in [1.29, 1.82) is 0 Å². The molecule has 2 rings (SSSR count). The Balaban J connectivity index is 2.70. The van der Waals surface area contributed by atoms with Crippen LogP contribution >= 0.6 is 0 Å². The second-order valence-electron chi connectivity index (χ2n) is 5.04. The normalized spacial score (nSPS) is 25.7. The monoisotopic (exact) mass is 306 g/mol. The zero-order chi connectivity index (χ0) is 16.0. The van der Waals surface area contributed by atoms with E-state index in [-0.39, 0.29) is 23.3 Å². The van der Waals surface area contributed by atoms with Gasteiger partial charge >= 0.3 is 6.18 Å². The number of carbonyl (C=O) groups excluding carboxylic acids is 1. The van der Waals surface area contributed by atoms with Crippen molar-refractivity contribution in [2.45, 2.75) is 37.5 Å². The number of hydrogen-bond acceptors (Lipinski definition) is 3.